The van der Waals surface area contributed by atoms with E-state index in [2.05, 4.69) is 13.8 Å². The summed E-state index contributed by atoms with van der Waals surface area (Å²) in [6, 6.07) is 7.45. The number of Topliss-reactive ketones (excluding diaryl/α,β-unsaturated/α-hetero) is 1. The average Bonchev–Trinajstić information content (AvgIpc) is 2.26. The monoisotopic (exact) mass is 252 g/mol. The van der Waals surface area contributed by atoms with Gasteiger partial charge in [-0.15, -0.1) is 0 Å². The predicted molar refractivity (Wildman–Crippen MR) is 72.8 cm³/mol. The highest BCUT2D eigenvalue weighted by atomic mass is 32.2. The molecule has 3 heteroatoms. The van der Waals surface area contributed by atoms with Crippen LogP contribution in [0.5, 0.6) is 0 Å². The summed E-state index contributed by atoms with van der Waals surface area (Å²) in [5, 5.41) is 0. The van der Waals surface area contributed by atoms with E-state index in [1.807, 2.05) is 25.1 Å². The molecular formula is C14H20O2S. The minimum absolute atomic E-state index is 0.0178. The summed E-state index contributed by atoms with van der Waals surface area (Å²) < 4.78 is 11.7. The van der Waals surface area contributed by atoms with Crippen molar-refractivity contribution in [3.05, 3.63) is 35.4 Å². The first-order chi connectivity index (χ1) is 7.99. The zero-order valence-electron chi connectivity index (χ0n) is 10.7. The Morgan fingerprint density at radius 3 is 2.65 bits per heavy atom. The molecule has 1 aromatic rings. The quantitative estimate of drug-likeness (QED) is 0.729. The fourth-order valence-electron chi connectivity index (χ4n) is 1.49. The maximum atomic E-state index is 11.9. The van der Waals surface area contributed by atoms with E-state index in [0.29, 0.717) is 17.2 Å². The molecule has 0 bridgehead atoms. The molecule has 0 saturated carbocycles. The van der Waals surface area contributed by atoms with Gasteiger partial charge in [0.1, 0.15) is 0 Å². The number of rotatable bonds is 6. The SMILES string of the molecule is Cc1cccc(C(=O)CS(=O)CCC(C)C)c1. The van der Waals surface area contributed by atoms with Crippen molar-refractivity contribution in [2.24, 2.45) is 5.92 Å². The highest BCUT2D eigenvalue weighted by Crippen LogP contribution is 2.07. The number of aryl methyl sites for hydroxylation is 1. The van der Waals surface area contributed by atoms with Gasteiger partial charge in [0.25, 0.3) is 0 Å². The normalized spacial score (nSPS) is 12.7. The Morgan fingerprint density at radius 1 is 1.35 bits per heavy atom. The van der Waals surface area contributed by atoms with E-state index < -0.39 is 10.8 Å². The highest BCUT2D eigenvalue weighted by molar-refractivity contribution is 7.85. The minimum atomic E-state index is -1.03. The van der Waals surface area contributed by atoms with Crippen LogP contribution in [-0.4, -0.2) is 21.5 Å². The van der Waals surface area contributed by atoms with Crippen LogP contribution in [0.1, 0.15) is 36.2 Å². The molecule has 2 nitrogen and oxygen atoms in total. The molecule has 0 aliphatic heterocycles. The third-order valence-corrected chi connectivity index (χ3v) is 3.83. The van der Waals surface area contributed by atoms with Gasteiger partial charge in [0.15, 0.2) is 5.78 Å². The topological polar surface area (TPSA) is 34.1 Å². The molecule has 0 fully saturated rings. The molecule has 94 valence electrons. The molecule has 0 amide bonds. The van der Waals surface area contributed by atoms with Crippen molar-refractivity contribution in [1.29, 1.82) is 0 Å². The second-order valence-electron chi connectivity index (χ2n) is 4.76. The number of carbonyl (C=O) groups is 1. The van der Waals surface area contributed by atoms with E-state index in [4.69, 9.17) is 0 Å². The molecule has 0 N–H and O–H groups in total. The molecular weight excluding hydrogens is 232 g/mol. The summed E-state index contributed by atoms with van der Waals surface area (Å²) in [5.74, 6) is 1.29. The summed E-state index contributed by atoms with van der Waals surface area (Å²) in [5.41, 5.74) is 1.73. The van der Waals surface area contributed by atoms with Crippen LogP contribution in [0.3, 0.4) is 0 Å². The van der Waals surface area contributed by atoms with E-state index in [1.165, 1.54) is 0 Å². The number of hydrogen-bond acceptors (Lipinski definition) is 2. The number of carbonyl (C=O) groups excluding carboxylic acids is 1. The Balaban J connectivity index is 2.52. The van der Waals surface area contributed by atoms with Crippen molar-refractivity contribution >= 4 is 16.6 Å². The largest absolute Gasteiger partial charge is 0.293 e. The molecule has 1 unspecified atom stereocenters. The Bertz CT molecular complexity index is 410. The van der Waals surface area contributed by atoms with E-state index in [9.17, 15) is 9.00 Å². The second-order valence-corrected chi connectivity index (χ2v) is 6.34. The van der Waals surface area contributed by atoms with Crippen LogP contribution in [-0.2, 0) is 10.8 Å². The third kappa shape index (κ3) is 5.26. The first kappa shape index (κ1) is 14.1. The lowest BCUT2D eigenvalue weighted by atomic mass is 10.1. The summed E-state index contributed by atoms with van der Waals surface area (Å²) in [7, 11) is -1.03. The van der Waals surface area contributed by atoms with Gasteiger partial charge in [-0.1, -0.05) is 37.6 Å². The molecule has 1 aromatic carbocycles. The fraction of sp³-hybridized carbons (Fsp3) is 0.500. The van der Waals surface area contributed by atoms with Crippen molar-refractivity contribution < 1.29 is 9.00 Å². The average molecular weight is 252 g/mol. The van der Waals surface area contributed by atoms with Crippen molar-refractivity contribution in [1.82, 2.24) is 0 Å². The Labute approximate surface area is 106 Å². The van der Waals surface area contributed by atoms with Gasteiger partial charge < -0.3 is 0 Å². The number of hydrogen-bond donors (Lipinski definition) is 0. The highest BCUT2D eigenvalue weighted by Gasteiger charge is 2.11. The van der Waals surface area contributed by atoms with Gasteiger partial charge in [-0.2, -0.15) is 0 Å². The molecule has 0 aliphatic carbocycles. The van der Waals surface area contributed by atoms with Crippen LogP contribution in [0, 0.1) is 12.8 Å². The fourth-order valence-corrected chi connectivity index (χ4v) is 2.83. The third-order valence-electron chi connectivity index (χ3n) is 2.56. The molecule has 0 radical (unpaired) electrons. The summed E-state index contributed by atoms with van der Waals surface area (Å²) in [6.07, 6.45) is 0.910. The lowest BCUT2D eigenvalue weighted by Crippen LogP contribution is -2.14. The molecule has 1 atom stereocenters. The molecule has 0 heterocycles. The molecule has 0 saturated heterocycles. The second kappa shape index (κ2) is 6.70. The van der Waals surface area contributed by atoms with E-state index in [1.54, 1.807) is 6.07 Å². The lowest BCUT2D eigenvalue weighted by molar-refractivity contribution is 0.102. The van der Waals surface area contributed by atoms with E-state index >= 15 is 0 Å². The zero-order chi connectivity index (χ0) is 12.8. The first-order valence-corrected chi connectivity index (χ1v) is 7.42. The Hall–Kier alpha value is -0.960. The van der Waals surface area contributed by atoms with Gasteiger partial charge in [-0.25, -0.2) is 0 Å². The minimum Gasteiger partial charge on any atom is -0.293 e. The number of ketones is 1. The summed E-state index contributed by atoms with van der Waals surface area (Å²) in [4.78, 5) is 11.9. The standard InChI is InChI=1S/C14H20O2S/c1-11(2)7-8-17(16)10-14(15)13-6-4-5-12(3)9-13/h4-6,9,11H,7-8,10H2,1-3H3. The van der Waals surface area contributed by atoms with Gasteiger partial charge >= 0.3 is 0 Å². The molecule has 0 spiro atoms. The molecule has 1 rings (SSSR count). The van der Waals surface area contributed by atoms with Crippen LogP contribution in [0.25, 0.3) is 0 Å². The van der Waals surface area contributed by atoms with E-state index in [-0.39, 0.29) is 11.5 Å². The van der Waals surface area contributed by atoms with Gasteiger partial charge in [-0.05, 0) is 25.3 Å². The van der Waals surface area contributed by atoms with Crippen molar-refractivity contribution in [2.45, 2.75) is 27.2 Å². The van der Waals surface area contributed by atoms with Crippen molar-refractivity contribution in [3.63, 3.8) is 0 Å². The van der Waals surface area contributed by atoms with Gasteiger partial charge in [-0.3, -0.25) is 9.00 Å². The molecule has 0 aliphatic rings. The smallest absolute Gasteiger partial charge is 0.175 e. The van der Waals surface area contributed by atoms with Gasteiger partial charge in [0.2, 0.25) is 0 Å². The molecule has 0 aromatic heterocycles. The van der Waals surface area contributed by atoms with Crippen LogP contribution >= 0.6 is 0 Å². The maximum Gasteiger partial charge on any atom is 0.175 e. The van der Waals surface area contributed by atoms with Crippen molar-refractivity contribution in [3.8, 4) is 0 Å². The summed E-state index contributed by atoms with van der Waals surface area (Å²) in [6.45, 7) is 6.14. The van der Waals surface area contributed by atoms with Crippen LogP contribution < -0.4 is 0 Å². The zero-order valence-corrected chi connectivity index (χ0v) is 11.5. The van der Waals surface area contributed by atoms with Crippen LogP contribution in [0.2, 0.25) is 0 Å². The van der Waals surface area contributed by atoms with Crippen molar-refractivity contribution in [2.75, 3.05) is 11.5 Å². The lowest BCUT2D eigenvalue weighted by Gasteiger charge is -2.05. The maximum absolute atomic E-state index is 11.9. The van der Waals surface area contributed by atoms with Crippen LogP contribution in [0.4, 0.5) is 0 Å². The number of benzene rings is 1. The predicted octanol–water partition coefficient (Wildman–Crippen LogP) is 2.97. The van der Waals surface area contributed by atoms with Gasteiger partial charge in [0.05, 0.1) is 5.75 Å². The van der Waals surface area contributed by atoms with E-state index in [0.717, 1.165) is 12.0 Å². The van der Waals surface area contributed by atoms with Crippen LogP contribution in [0.15, 0.2) is 24.3 Å². The Kier molecular flexibility index (Phi) is 5.56. The molecule has 17 heavy (non-hydrogen) atoms. The summed E-state index contributed by atoms with van der Waals surface area (Å²) >= 11 is 0. The first-order valence-electron chi connectivity index (χ1n) is 5.94. The van der Waals surface area contributed by atoms with Gasteiger partial charge in [0, 0.05) is 22.1 Å². The Morgan fingerprint density at radius 2 is 2.06 bits per heavy atom.